The van der Waals surface area contributed by atoms with Crippen LogP contribution in [0.1, 0.15) is 10.5 Å². The van der Waals surface area contributed by atoms with Crippen LogP contribution in [-0.2, 0) is 9.84 Å². The Bertz CT molecular complexity index is 859. The van der Waals surface area contributed by atoms with E-state index in [0.29, 0.717) is 0 Å². The van der Waals surface area contributed by atoms with Gasteiger partial charge in [0.05, 0.1) is 10.6 Å². The maximum Gasteiger partial charge on any atom is 0.363 e. The monoisotopic (exact) mass is 310 g/mol. The zero-order valence-corrected chi connectivity index (χ0v) is 11.5. The van der Waals surface area contributed by atoms with E-state index in [1.54, 1.807) is 6.07 Å². The van der Waals surface area contributed by atoms with Crippen molar-refractivity contribution in [2.24, 2.45) is 0 Å². The number of carbonyl (C=O) groups is 1. The molecule has 1 heterocycles. The second-order valence-corrected chi connectivity index (χ2v) is 6.02. The number of para-hydroxylation sites is 1. The average molecular weight is 310 g/mol. The fourth-order valence-electron chi connectivity index (χ4n) is 1.59. The summed E-state index contributed by atoms with van der Waals surface area (Å²) in [7, 11) is -3.54. The first-order chi connectivity index (χ1) is 9.79. The molecule has 0 bridgehead atoms. The van der Waals surface area contributed by atoms with Crippen LogP contribution in [0, 0.1) is 0 Å². The van der Waals surface area contributed by atoms with Crippen molar-refractivity contribution in [3.8, 4) is 0 Å². The lowest BCUT2D eigenvalue weighted by Gasteiger charge is -2.10. The van der Waals surface area contributed by atoms with E-state index in [0.717, 1.165) is 6.26 Å². The normalized spacial score (nSPS) is 11.1. The molecule has 0 fully saturated rings. The number of nitrogens with one attached hydrogen (secondary N) is 2. The lowest BCUT2D eigenvalue weighted by atomic mass is 10.3. The molecule has 0 amide bonds. The van der Waals surface area contributed by atoms with Crippen LogP contribution in [0.15, 0.2) is 34.0 Å². The third kappa shape index (κ3) is 3.23. The Labute approximate surface area is 118 Å². The van der Waals surface area contributed by atoms with E-state index in [9.17, 15) is 18.0 Å². The van der Waals surface area contributed by atoms with E-state index in [4.69, 9.17) is 5.11 Å². The molecule has 1 aromatic carbocycles. The van der Waals surface area contributed by atoms with Gasteiger partial charge in [-0.3, -0.25) is 0 Å². The number of sulfone groups is 1. The molecule has 110 valence electrons. The third-order valence-corrected chi connectivity index (χ3v) is 3.60. The van der Waals surface area contributed by atoms with Gasteiger partial charge in [-0.05, 0) is 12.1 Å². The van der Waals surface area contributed by atoms with Gasteiger partial charge in [-0.2, -0.15) is 10.1 Å². The molecule has 0 spiro atoms. The maximum atomic E-state index is 11.7. The van der Waals surface area contributed by atoms with Gasteiger partial charge in [-0.15, -0.1) is 0 Å². The van der Waals surface area contributed by atoms with Crippen LogP contribution in [0.3, 0.4) is 0 Å². The summed E-state index contributed by atoms with van der Waals surface area (Å²) in [5.41, 5.74) is -1.29. The number of aromatic amines is 1. The fourth-order valence-corrected chi connectivity index (χ4v) is 2.44. The van der Waals surface area contributed by atoms with Gasteiger partial charge in [-0.25, -0.2) is 23.1 Å². The molecule has 3 N–H and O–H groups in total. The maximum absolute atomic E-state index is 11.7. The quantitative estimate of drug-likeness (QED) is 0.716. The Morgan fingerprint density at radius 2 is 2.00 bits per heavy atom. The average Bonchev–Trinajstić information content (AvgIpc) is 2.37. The number of hydrogen-bond acceptors (Lipinski definition) is 7. The summed E-state index contributed by atoms with van der Waals surface area (Å²) in [5, 5.41) is 16.7. The molecule has 0 saturated carbocycles. The number of nitrogens with zero attached hydrogens (tertiary/aromatic N) is 2. The summed E-state index contributed by atoms with van der Waals surface area (Å²) in [6.07, 6.45) is 1.01. The first-order valence-electron chi connectivity index (χ1n) is 5.55. The molecule has 0 atom stereocenters. The summed E-state index contributed by atoms with van der Waals surface area (Å²) in [6, 6.07) is 5.84. The number of aromatic carboxylic acids is 1. The second-order valence-electron chi connectivity index (χ2n) is 4.04. The van der Waals surface area contributed by atoms with Crippen LogP contribution in [0.25, 0.3) is 0 Å². The van der Waals surface area contributed by atoms with Gasteiger partial charge in [0.2, 0.25) is 5.69 Å². The summed E-state index contributed by atoms with van der Waals surface area (Å²) >= 11 is 0. The zero-order valence-electron chi connectivity index (χ0n) is 10.7. The number of benzene rings is 1. The molecule has 0 aliphatic rings. The topological polar surface area (TPSA) is 142 Å². The Morgan fingerprint density at radius 3 is 2.62 bits per heavy atom. The van der Waals surface area contributed by atoms with Crippen LogP contribution in [0.2, 0.25) is 0 Å². The van der Waals surface area contributed by atoms with E-state index in [1.807, 2.05) is 5.10 Å². The van der Waals surface area contributed by atoms with E-state index in [-0.39, 0.29) is 16.4 Å². The summed E-state index contributed by atoms with van der Waals surface area (Å²) in [5.74, 6) is -1.76. The Kier molecular flexibility index (Phi) is 3.72. The highest BCUT2D eigenvalue weighted by atomic mass is 32.2. The van der Waals surface area contributed by atoms with Crippen LogP contribution in [0.5, 0.6) is 0 Å². The lowest BCUT2D eigenvalue weighted by Crippen LogP contribution is -2.20. The van der Waals surface area contributed by atoms with E-state index >= 15 is 0 Å². The molecular weight excluding hydrogens is 300 g/mol. The summed E-state index contributed by atoms with van der Waals surface area (Å²) < 4.78 is 23.3. The van der Waals surface area contributed by atoms with Crippen molar-refractivity contribution < 1.29 is 18.3 Å². The van der Waals surface area contributed by atoms with Crippen molar-refractivity contribution in [1.82, 2.24) is 15.2 Å². The molecule has 2 rings (SSSR count). The molecule has 0 saturated heterocycles. The summed E-state index contributed by atoms with van der Waals surface area (Å²) in [6.45, 7) is 0. The minimum absolute atomic E-state index is 0.0524. The largest absolute Gasteiger partial charge is 0.476 e. The number of rotatable bonds is 4. The Hall–Kier alpha value is -2.75. The molecular formula is C11H10N4O5S. The first kappa shape index (κ1) is 14.7. The van der Waals surface area contributed by atoms with Crippen molar-refractivity contribution in [3.63, 3.8) is 0 Å². The van der Waals surface area contributed by atoms with E-state index < -0.39 is 27.2 Å². The van der Waals surface area contributed by atoms with Gasteiger partial charge in [-0.1, -0.05) is 12.1 Å². The zero-order chi connectivity index (χ0) is 15.6. The highest BCUT2D eigenvalue weighted by Gasteiger charge is 2.18. The standard InChI is InChI=1S/C11H10N4O5S/c1-21(19,20)7-5-3-2-4-6(7)12-9-8(10(16)17)14-15-11(18)13-9/h2-5H,1H3,(H,16,17)(H2,12,13,15,18). The molecule has 2 aromatic rings. The van der Waals surface area contributed by atoms with Crippen LogP contribution in [-0.4, -0.2) is 40.9 Å². The van der Waals surface area contributed by atoms with Crippen molar-refractivity contribution in [2.45, 2.75) is 4.90 Å². The summed E-state index contributed by atoms with van der Waals surface area (Å²) in [4.78, 5) is 25.6. The predicted molar refractivity (Wildman–Crippen MR) is 72.4 cm³/mol. The minimum atomic E-state index is -3.54. The molecule has 1 aromatic heterocycles. The SMILES string of the molecule is CS(=O)(=O)c1ccccc1Nc1nc(=O)[nH]nc1C(=O)O. The van der Waals surface area contributed by atoms with Crippen molar-refractivity contribution in [1.29, 1.82) is 0 Å². The first-order valence-corrected chi connectivity index (χ1v) is 7.44. The molecule has 0 unspecified atom stereocenters. The highest BCUT2D eigenvalue weighted by molar-refractivity contribution is 7.90. The van der Waals surface area contributed by atoms with Gasteiger partial charge in [0.15, 0.2) is 15.7 Å². The fraction of sp³-hybridized carbons (Fsp3) is 0.0909. The molecule has 21 heavy (non-hydrogen) atoms. The minimum Gasteiger partial charge on any atom is -0.476 e. The lowest BCUT2D eigenvalue weighted by molar-refractivity contribution is 0.0689. The number of carboxylic acids is 1. The number of aromatic nitrogens is 3. The van der Waals surface area contributed by atoms with Crippen LogP contribution in [0.4, 0.5) is 11.5 Å². The van der Waals surface area contributed by atoms with Gasteiger partial charge < -0.3 is 10.4 Å². The van der Waals surface area contributed by atoms with Gasteiger partial charge >= 0.3 is 11.7 Å². The third-order valence-electron chi connectivity index (χ3n) is 2.44. The Balaban J connectivity index is 2.56. The number of anilines is 2. The highest BCUT2D eigenvalue weighted by Crippen LogP contribution is 2.24. The molecule has 0 aliphatic heterocycles. The van der Waals surface area contributed by atoms with Gasteiger partial charge in [0, 0.05) is 6.26 Å². The number of hydrogen-bond donors (Lipinski definition) is 3. The Morgan fingerprint density at radius 1 is 1.33 bits per heavy atom. The van der Waals surface area contributed by atoms with Crippen LogP contribution >= 0.6 is 0 Å². The van der Waals surface area contributed by atoms with Crippen LogP contribution < -0.4 is 11.0 Å². The van der Waals surface area contributed by atoms with E-state index in [2.05, 4.69) is 15.4 Å². The second kappa shape index (κ2) is 5.32. The predicted octanol–water partition coefficient (Wildman–Crippen LogP) is 0.0102. The van der Waals surface area contributed by atoms with E-state index in [1.165, 1.54) is 18.2 Å². The number of H-pyrrole nitrogens is 1. The molecule has 0 aliphatic carbocycles. The van der Waals surface area contributed by atoms with Gasteiger partial charge in [0.1, 0.15) is 0 Å². The molecule has 0 radical (unpaired) electrons. The van der Waals surface area contributed by atoms with Gasteiger partial charge in [0.25, 0.3) is 0 Å². The van der Waals surface area contributed by atoms with Crippen molar-refractivity contribution in [3.05, 3.63) is 40.4 Å². The smallest absolute Gasteiger partial charge is 0.363 e. The molecule has 10 heteroatoms. The number of carboxylic acid groups (broad SMARTS) is 1. The van der Waals surface area contributed by atoms with Crippen molar-refractivity contribution in [2.75, 3.05) is 11.6 Å². The van der Waals surface area contributed by atoms with Crippen molar-refractivity contribution >= 4 is 27.3 Å². The molecule has 9 nitrogen and oxygen atoms in total.